The van der Waals surface area contributed by atoms with Crippen LogP contribution in [0.25, 0.3) is 11.0 Å². The van der Waals surface area contributed by atoms with Crippen LogP contribution in [0.3, 0.4) is 0 Å². The third-order valence-electron chi connectivity index (χ3n) is 2.64. The van der Waals surface area contributed by atoms with E-state index < -0.39 is 21.5 Å². The van der Waals surface area contributed by atoms with E-state index in [0.29, 0.717) is 5.76 Å². The maximum Gasteiger partial charge on any atom is 0.235 e. The monoisotopic (exact) mass is 281 g/mol. The predicted octanol–water partition coefficient (Wildman–Crippen LogP) is 1.65. The minimum Gasteiger partial charge on any atom is -0.459 e. The van der Waals surface area contributed by atoms with Crippen molar-refractivity contribution in [2.45, 2.75) is 13.0 Å². The van der Waals surface area contributed by atoms with Crippen LogP contribution in [-0.2, 0) is 14.6 Å². The minimum atomic E-state index is -3.32. The molecular weight excluding hydrogens is 266 g/mol. The molecule has 1 aromatic heterocycles. The largest absolute Gasteiger partial charge is 0.459 e. The first-order valence-electron chi connectivity index (χ1n) is 5.81. The summed E-state index contributed by atoms with van der Waals surface area (Å²) in [6, 6.07) is 8.97. The summed E-state index contributed by atoms with van der Waals surface area (Å²) >= 11 is 0. The molecule has 5 nitrogen and oxygen atoms in total. The lowest BCUT2D eigenvalue weighted by Crippen LogP contribution is -2.31. The van der Waals surface area contributed by atoms with Gasteiger partial charge in [-0.05, 0) is 19.1 Å². The van der Waals surface area contributed by atoms with Crippen molar-refractivity contribution >= 4 is 26.7 Å². The summed E-state index contributed by atoms with van der Waals surface area (Å²) in [5.41, 5.74) is 0.738. The van der Waals surface area contributed by atoms with Crippen LogP contribution < -0.4 is 5.32 Å². The second-order valence-corrected chi connectivity index (χ2v) is 6.69. The molecular formula is C13H15NO4S. The quantitative estimate of drug-likeness (QED) is 0.924. The van der Waals surface area contributed by atoms with Crippen LogP contribution in [0.1, 0.15) is 18.7 Å². The fraction of sp³-hybridized carbons (Fsp3) is 0.308. The van der Waals surface area contributed by atoms with Gasteiger partial charge in [0, 0.05) is 11.6 Å². The van der Waals surface area contributed by atoms with E-state index in [1.165, 1.54) is 0 Å². The Kier molecular flexibility index (Phi) is 3.61. The Morgan fingerprint density at radius 3 is 2.68 bits per heavy atom. The number of rotatable bonds is 4. The van der Waals surface area contributed by atoms with Crippen LogP contribution in [0.5, 0.6) is 0 Å². The number of carbonyl (C=O) groups is 1. The van der Waals surface area contributed by atoms with Crippen LogP contribution >= 0.6 is 0 Å². The van der Waals surface area contributed by atoms with Gasteiger partial charge in [0.15, 0.2) is 9.84 Å². The van der Waals surface area contributed by atoms with Crippen molar-refractivity contribution in [3.63, 3.8) is 0 Å². The highest BCUT2D eigenvalue weighted by Crippen LogP contribution is 2.23. The SMILES string of the molecule is CC(NC(=O)CS(C)(=O)=O)c1cc2ccccc2o1. The number of fused-ring (bicyclic) bond motifs is 1. The van der Waals surface area contributed by atoms with Crippen molar-refractivity contribution in [1.29, 1.82) is 0 Å². The number of hydrogen-bond donors (Lipinski definition) is 1. The molecule has 1 N–H and O–H groups in total. The molecule has 0 aliphatic rings. The van der Waals surface area contributed by atoms with Crippen molar-refractivity contribution in [3.8, 4) is 0 Å². The third-order valence-corrected chi connectivity index (χ3v) is 3.43. The first-order chi connectivity index (χ1) is 8.85. The molecule has 0 aliphatic carbocycles. The minimum absolute atomic E-state index is 0.373. The molecule has 1 aromatic carbocycles. The summed E-state index contributed by atoms with van der Waals surface area (Å²) in [7, 11) is -3.32. The van der Waals surface area contributed by atoms with Crippen LogP contribution in [0.2, 0.25) is 0 Å². The molecule has 0 saturated carbocycles. The van der Waals surface area contributed by atoms with Gasteiger partial charge in [-0.3, -0.25) is 4.79 Å². The number of hydrogen-bond acceptors (Lipinski definition) is 4. The average Bonchev–Trinajstić information content (AvgIpc) is 2.69. The Bertz CT molecular complexity index is 669. The first kappa shape index (κ1) is 13.6. The standard InChI is InChI=1S/C13H15NO4S/c1-9(14-13(15)8-19(2,16)17)12-7-10-5-3-4-6-11(10)18-12/h3-7,9H,8H2,1-2H3,(H,14,15). The van der Waals surface area contributed by atoms with Gasteiger partial charge in [-0.25, -0.2) is 8.42 Å². The van der Waals surface area contributed by atoms with Gasteiger partial charge in [0.2, 0.25) is 5.91 Å². The molecule has 0 spiro atoms. The summed E-state index contributed by atoms with van der Waals surface area (Å²) in [4.78, 5) is 11.5. The second kappa shape index (κ2) is 5.05. The van der Waals surface area contributed by atoms with Crippen molar-refractivity contribution in [2.75, 3.05) is 12.0 Å². The van der Waals surface area contributed by atoms with E-state index in [1.54, 1.807) is 6.92 Å². The maximum absolute atomic E-state index is 11.5. The number of amides is 1. The van der Waals surface area contributed by atoms with E-state index in [-0.39, 0.29) is 6.04 Å². The molecule has 1 atom stereocenters. The van der Waals surface area contributed by atoms with Crippen molar-refractivity contribution in [3.05, 3.63) is 36.1 Å². The van der Waals surface area contributed by atoms with Gasteiger partial charge in [-0.15, -0.1) is 0 Å². The van der Waals surface area contributed by atoms with Crippen LogP contribution in [0, 0.1) is 0 Å². The number of benzene rings is 1. The first-order valence-corrected chi connectivity index (χ1v) is 7.87. The topological polar surface area (TPSA) is 76.4 Å². The van der Waals surface area contributed by atoms with E-state index in [9.17, 15) is 13.2 Å². The molecule has 0 fully saturated rings. The number of sulfone groups is 1. The van der Waals surface area contributed by atoms with Gasteiger partial charge >= 0.3 is 0 Å². The Morgan fingerprint density at radius 1 is 1.37 bits per heavy atom. The molecule has 1 heterocycles. The lowest BCUT2D eigenvalue weighted by atomic mass is 10.2. The summed E-state index contributed by atoms with van der Waals surface area (Å²) in [5, 5.41) is 3.55. The van der Waals surface area contributed by atoms with Gasteiger partial charge in [0.1, 0.15) is 17.1 Å². The summed E-state index contributed by atoms with van der Waals surface area (Å²) in [5.74, 6) is -0.448. The number of furan rings is 1. The Balaban J connectivity index is 2.11. The molecule has 0 saturated heterocycles. The van der Waals surface area contributed by atoms with Crippen LogP contribution in [-0.4, -0.2) is 26.3 Å². The normalized spacial score (nSPS) is 13.4. The molecule has 102 valence electrons. The zero-order valence-electron chi connectivity index (χ0n) is 10.7. The number of para-hydroxylation sites is 1. The highest BCUT2D eigenvalue weighted by atomic mass is 32.2. The predicted molar refractivity (Wildman–Crippen MR) is 72.5 cm³/mol. The van der Waals surface area contributed by atoms with E-state index in [2.05, 4.69) is 5.32 Å². The Hall–Kier alpha value is -1.82. The molecule has 19 heavy (non-hydrogen) atoms. The van der Waals surface area contributed by atoms with Gasteiger partial charge in [0.25, 0.3) is 0 Å². The molecule has 2 aromatic rings. The van der Waals surface area contributed by atoms with Gasteiger partial charge in [-0.1, -0.05) is 18.2 Å². The van der Waals surface area contributed by atoms with Crippen molar-refractivity contribution in [2.24, 2.45) is 0 Å². The number of carbonyl (C=O) groups excluding carboxylic acids is 1. The van der Waals surface area contributed by atoms with Gasteiger partial charge in [-0.2, -0.15) is 0 Å². The molecule has 6 heteroatoms. The van der Waals surface area contributed by atoms with Crippen molar-refractivity contribution in [1.82, 2.24) is 5.32 Å². The Morgan fingerprint density at radius 2 is 2.05 bits per heavy atom. The third kappa shape index (κ3) is 3.57. The molecule has 1 unspecified atom stereocenters. The summed E-state index contributed by atoms with van der Waals surface area (Å²) < 4.78 is 27.6. The van der Waals surface area contributed by atoms with Crippen molar-refractivity contribution < 1.29 is 17.6 Å². The smallest absolute Gasteiger partial charge is 0.235 e. The molecule has 0 bridgehead atoms. The van der Waals surface area contributed by atoms with E-state index in [4.69, 9.17) is 4.42 Å². The van der Waals surface area contributed by atoms with Gasteiger partial charge in [0.05, 0.1) is 6.04 Å². The maximum atomic E-state index is 11.5. The summed E-state index contributed by atoms with van der Waals surface area (Å²) in [6.45, 7) is 1.75. The second-order valence-electron chi connectivity index (χ2n) is 4.55. The zero-order chi connectivity index (χ0) is 14.0. The summed E-state index contributed by atoms with van der Waals surface area (Å²) in [6.07, 6.45) is 1.03. The van der Waals surface area contributed by atoms with E-state index in [0.717, 1.165) is 17.2 Å². The molecule has 2 rings (SSSR count). The average molecular weight is 281 g/mol. The lowest BCUT2D eigenvalue weighted by Gasteiger charge is -2.10. The van der Waals surface area contributed by atoms with E-state index >= 15 is 0 Å². The highest BCUT2D eigenvalue weighted by molar-refractivity contribution is 7.91. The van der Waals surface area contributed by atoms with Crippen LogP contribution in [0.4, 0.5) is 0 Å². The molecule has 0 radical (unpaired) electrons. The zero-order valence-corrected chi connectivity index (χ0v) is 11.5. The van der Waals surface area contributed by atoms with Crippen LogP contribution in [0.15, 0.2) is 34.7 Å². The number of nitrogens with one attached hydrogen (secondary N) is 1. The van der Waals surface area contributed by atoms with E-state index in [1.807, 2.05) is 30.3 Å². The fourth-order valence-electron chi connectivity index (χ4n) is 1.81. The lowest BCUT2D eigenvalue weighted by molar-refractivity contribution is -0.119. The highest BCUT2D eigenvalue weighted by Gasteiger charge is 2.17. The fourth-order valence-corrected chi connectivity index (χ4v) is 2.37. The Labute approximate surface area is 111 Å². The van der Waals surface area contributed by atoms with Gasteiger partial charge < -0.3 is 9.73 Å². The molecule has 0 aliphatic heterocycles. The molecule has 1 amide bonds.